The number of benzene rings is 2. The Kier molecular flexibility index (Phi) is 7.03. The SMILES string of the molecule is CC(=O)c1ccc(C)cc1.CC(=O)c1ccc(CBr)cc1. The number of hydrogen-bond acceptors (Lipinski definition) is 2. The molecule has 0 bridgehead atoms. The van der Waals surface area contributed by atoms with Crippen molar-refractivity contribution in [2.24, 2.45) is 0 Å². The lowest BCUT2D eigenvalue weighted by molar-refractivity contribution is 0.100. The summed E-state index contributed by atoms with van der Waals surface area (Å²) < 4.78 is 0. The van der Waals surface area contributed by atoms with Gasteiger partial charge in [0.2, 0.25) is 0 Å². The number of halogens is 1. The number of ketones is 2. The van der Waals surface area contributed by atoms with Crippen LogP contribution >= 0.6 is 15.9 Å². The van der Waals surface area contributed by atoms with Crippen LogP contribution in [0.2, 0.25) is 0 Å². The minimum Gasteiger partial charge on any atom is -0.295 e. The van der Waals surface area contributed by atoms with Crippen LogP contribution in [0, 0.1) is 6.92 Å². The Morgan fingerprint density at radius 3 is 1.52 bits per heavy atom. The average Bonchev–Trinajstić information content (AvgIpc) is 2.48. The fourth-order valence-corrected chi connectivity index (χ4v) is 1.99. The Bertz CT molecular complexity index is 598. The molecular weight excluding hydrogens is 328 g/mol. The van der Waals surface area contributed by atoms with Crippen LogP contribution in [0.25, 0.3) is 0 Å². The van der Waals surface area contributed by atoms with Gasteiger partial charge in [-0.3, -0.25) is 9.59 Å². The maximum absolute atomic E-state index is 10.8. The Labute approximate surface area is 134 Å². The molecular formula is C18H19BrO2. The summed E-state index contributed by atoms with van der Waals surface area (Å²) in [5.74, 6) is 0.242. The first-order valence-electron chi connectivity index (χ1n) is 6.67. The van der Waals surface area contributed by atoms with E-state index in [0.29, 0.717) is 0 Å². The maximum Gasteiger partial charge on any atom is 0.159 e. The molecule has 0 aromatic heterocycles. The molecule has 0 aliphatic carbocycles. The van der Waals surface area contributed by atoms with Gasteiger partial charge in [0, 0.05) is 16.5 Å². The van der Waals surface area contributed by atoms with Crippen LogP contribution in [0.15, 0.2) is 48.5 Å². The predicted octanol–water partition coefficient (Wildman–Crippen LogP) is 4.98. The molecule has 110 valence electrons. The van der Waals surface area contributed by atoms with Crippen molar-refractivity contribution in [1.29, 1.82) is 0 Å². The van der Waals surface area contributed by atoms with Crippen molar-refractivity contribution < 1.29 is 9.59 Å². The van der Waals surface area contributed by atoms with Gasteiger partial charge in [0.1, 0.15) is 0 Å². The van der Waals surface area contributed by atoms with Gasteiger partial charge in [0.15, 0.2) is 11.6 Å². The molecule has 0 aliphatic heterocycles. The first-order chi connectivity index (χ1) is 9.93. The fraction of sp³-hybridized carbons (Fsp3) is 0.222. The Morgan fingerprint density at radius 2 is 1.19 bits per heavy atom. The van der Waals surface area contributed by atoms with Gasteiger partial charge in [-0.1, -0.05) is 70.0 Å². The number of carbonyl (C=O) groups is 2. The molecule has 21 heavy (non-hydrogen) atoms. The molecule has 0 spiro atoms. The standard InChI is InChI=1S/C9H9BrO.C9H10O/c1-7(11)9-4-2-8(6-10)3-5-9;1-7-3-5-9(6-4-7)8(2)10/h2-5H,6H2,1H3;3-6H,1-2H3. The summed E-state index contributed by atoms with van der Waals surface area (Å²) in [5, 5.41) is 0.838. The zero-order valence-electron chi connectivity index (χ0n) is 12.5. The maximum atomic E-state index is 10.8. The van der Waals surface area contributed by atoms with E-state index in [9.17, 15) is 9.59 Å². The molecule has 0 aliphatic rings. The number of alkyl halides is 1. The molecule has 0 radical (unpaired) electrons. The highest BCUT2D eigenvalue weighted by Gasteiger charge is 1.97. The van der Waals surface area contributed by atoms with E-state index in [4.69, 9.17) is 0 Å². The molecule has 2 rings (SSSR count). The van der Waals surface area contributed by atoms with E-state index in [2.05, 4.69) is 15.9 Å². The van der Waals surface area contributed by atoms with Crippen molar-refractivity contribution in [2.45, 2.75) is 26.1 Å². The lowest BCUT2D eigenvalue weighted by Gasteiger charge is -1.96. The number of rotatable bonds is 3. The van der Waals surface area contributed by atoms with Gasteiger partial charge >= 0.3 is 0 Å². The minimum atomic E-state index is 0.117. The summed E-state index contributed by atoms with van der Waals surface area (Å²) in [4.78, 5) is 21.6. The van der Waals surface area contributed by atoms with Crippen molar-refractivity contribution in [3.63, 3.8) is 0 Å². The molecule has 0 heterocycles. The molecule has 0 saturated heterocycles. The highest BCUT2D eigenvalue weighted by atomic mass is 79.9. The second-order valence-electron chi connectivity index (χ2n) is 4.81. The van der Waals surface area contributed by atoms with Crippen LogP contribution in [0.5, 0.6) is 0 Å². The normalized spacial score (nSPS) is 9.52. The van der Waals surface area contributed by atoms with Gasteiger partial charge in [0.25, 0.3) is 0 Å². The number of hydrogen-bond donors (Lipinski definition) is 0. The molecule has 0 N–H and O–H groups in total. The first kappa shape index (κ1) is 17.3. The first-order valence-corrected chi connectivity index (χ1v) is 7.79. The summed E-state index contributed by atoms with van der Waals surface area (Å²) in [6.45, 7) is 5.15. The summed E-state index contributed by atoms with van der Waals surface area (Å²) in [7, 11) is 0. The third-order valence-electron chi connectivity index (χ3n) is 2.97. The molecule has 0 saturated carbocycles. The van der Waals surface area contributed by atoms with Crippen molar-refractivity contribution in [1.82, 2.24) is 0 Å². The lowest BCUT2D eigenvalue weighted by atomic mass is 10.1. The summed E-state index contributed by atoms with van der Waals surface area (Å²) in [6, 6.07) is 15.2. The topological polar surface area (TPSA) is 34.1 Å². The Hall–Kier alpha value is -1.74. The zero-order valence-corrected chi connectivity index (χ0v) is 14.1. The molecule has 0 atom stereocenters. The quantitative estimate of drug-likeness (QED) is 0.580. The van der Waals surface area contributed by atoms with Gasteiger partial charge in [-0.2, -0.15) is 0 Å². The zero-order chi connectivity index (χ0) is 15.8. The van der Waals surface area contributed by atoms with E-state index in [0.717, 1.165) is 16.5 Å². The van der Waals surface area contributed by atoms with E-state index >= 15 is 0 Å². The molecule has 2 aromatic carbocycles. The Balaban J connectivity index is 0.000000211. The van der Waals surface area contributed by atoms with Crippen LogP contribution in [0.4, 0.5) is 0 Å². The van der Waals surface area contributed by atoms with Crippen molar-refractivity contribution >= 4 is 27.5 Å². The molecule has 0 fully saturated rings. The van der Waals surface area contributed by atoms with E-state index < -0.39 is 0 Å². The van der Waals surface area contributed by atoms with Gasteiger partial charge in [-0.05, 0) is 26.3 Å². The van der Waals surface area contributed by atoms with Crippen LogP contribution in [-0.2, 0) is 5.33 Å². The molecule has 2 nitrogen and oxygen atoms in total. The molecule has 3 heteroatoms. The smallest absolute Gasteiger partial charge is 0.159 e. The molecule has 2 aromatic rings. The summed E-state index contributed by atoms with van der Waals surface area (Å²) >= 11 is 3.33. The molecule has 0 amide bonds. The minimum absolute atomic E-state index is 0.117. The van der Waals surface area contributed by atoms with E-state index in [1.807, 2.05) is 55.5 Å². The number of aryl methyl sites for hydroxylation is 1. The van der Waals surface area contributed by atoms with Crippen LogP contribution in [-0.4, -0.2) is 11.6 Å². The van der Waals surface area contributed by atoms with Crippen LogP contribution in [0.3, 0.4) is 0 Å². The third-order valence-corrected chi connectivity index (χ3v) is 3.62. The Morgan fingerprint density at radius 1 is 0.810 bits per heavy atom. The van der Waals surface area contributed by atoms with Crippen LogP contribution in [0.1, 0.15) is 45.7 Å². The van der Waals surface area contributed by atoms with Crippen molar-refractivity contribution in [3.8, 4) is 0 Å². The predicted molar refractivity (Wildman–Crippen MR) is 90.3 cm³/mol. The van der Waals surface area contributed by atoms with Crippen molar-refractivity contribution in [2.75, 3.05) is 0 Å². The highest BCUT2D eigenvalue weighted by Crippen LogP contribution is 2.07. The average molecular weight is 347 g/mol. The second-order valence-corrected chi connectivity index (χ2v) is 5.37. The second kappa shape index (κ2) is 8.53. The van der Waals surface area contributed by atoms with Gasteiger partial charge in [-0.15, -0.1) is 0 Å². The van der Waals surface area contributed by atoms with Gasteiger partial charge in [0.05, 0.1) is 0 Å². The molecule has 0 unspecified atom stereocenters. The summed E-state index contributed by atoms with van der Waals surface area (Å²) in [6.07, 6.45) is 0. The number of carbonyl (C=O) groups excluding carboxylic acids is 2. The lowest BCUT2D eigenvalue weighted by Crippen LogP contribution is -1.90. The highest BCUT2D eigenvalue weighted by molar-refractivity contribution is 9.08. The fourth-order valence-electron chi connectivity index (χ4n) is 1.62. The monoisotopic (exact) mass is 346 g/mol. The van der Waals surface area contributed by atoms with E-state index in [1.165, 1.54) is 11.1 Å². The van der Waals surface area contributed by atoms with E-state index in [-0.39, 0.29) is 11.6 Å². The number of Topliss-reactive ketones (excluding diaryl/α,β-unsaturated/α-hetero) is 2. The summed E-state index contributed by atoms with van der Waals surface area (Å²) in [5.41, 5.74) is 3.93. The van der Waals surface area contributed by atoms with Gasteiger partial charge < -0.3 is 0 Å². The largest absolute Gasteiger partial charge is 0.295 e. The third kappa shape index (κ3) is 6.05. The van der Waals surface area contributed by atoms with Crippen LogP contribution < -0.4 is 0 Å². The van der Waals surface area contributed by atoms with E-state index in [1.54, 1.807) is 13.8 Å². The van der Waals surface area contributed by atoms with Crippen molar-refractivity contribution in [3.05, 3.63) is 70.8 Å². The van der Waals surface area contributed by atoms with Gasteiger partial charge in [-0.25, -0.2) is 0 Å².